The molecule has 0 aliphatic carbocycles. The zero-order valence-corrected chi connectivity index (χ0v) is 16.9. The molecular weight excluding hydrogens is 382 g/mol. The van der Waals surface area contributed by atoms with Crippen molar-refractivity contribution in [1.29, 1.82) is 0 Å². The summed E-state index contributed by atoms with van der Waals surface area (Å²) < 4.78 is 8.13. The van der Waals surface area contributed by atoms with E-state index in [2.05, 4.69) is 46.3 Å². The molecule has 1 unspecified atom stereocenters. The Morgan fingerprint density at radius 3 is 2.72 bits per heavy atom. The number of benzene rings is 1. The van der Waals surface area contributed by atoms with Crippen LogP contribution in [0, 0.1) is 19.8 Å². The van der Waals surface area contributed by atoms with Gasteiger partial charge in [0.05, 0.1) is 17.3 Å². The smallest absolute Gasteiger partial charge is 0.220 e. The number of nitrogens with one attached hydrogen (secondary N) is 1. The highest BCUT2D eigenvalue weighted by atomic mass is 79.9. The van der Waals surface area contributed by atoms with Crippen LogP contribution in [0.5, 0.6) is 5.75 Å². The van der Waals surface area contributed by atoms with Gasteiger partial charge in [0.15, 0.2) is 0 Å². The molecule has 25 heavy (non-hydrogen) atoms. The van der Waals surface area contributed by atoms with Crippen molar-refractivity contribution in [3.63, 3.8) is 0 Å². The van der Waals surface area contributed by atoms with Crippen molar-refractivity contribution < 1.29 is 9.53 Å². The maximum absolute atomic E-state index is 12.1. The van der Waals surface area contributed by atoms with Crippen molar-refractivity contribution >= 4 is 21.8 Å². The number of amides is 1. The Balaban J connectivity index is 1.75. The SMILES string of the molecule is COc1ccc(CCC(=O)NCC(C)Cn2nc(C)cc2C)cc1Br. The fourth-order valence-electron chi connectivity index (χ4n) is 2.72. The number of hydrogen-bond acceptors (Lipinski definition) is 3. The van der Waals surface area contributed by atoms with Gasteiger partial charge in [-0.15, -0.1) is 0 Å². The molecule has 0 bridgehead atoms. The molecule has 136 valence electrons. The summed E-state index contributed by atoms with van der Waals surface area (Å²) in [5, 5.41) is 7.48. The van der Waals surface area contributed by atoms with E-state index >= 15 is 0 Å². The van der Waals surface area contributed by atoms with E-state index in [1.54, 1.807) is 7.11 Å². The summed E-state index contributed by atoms with van der Waals surface area (Å²) >= 11 is 3.47. The minimum Gasteiger partial charge on any atom is -0.496 e. The van der Waals surface area contributed by atoms with Crippen LogP contribution < -0.4 is 10.1 Å². The highest BCUT2D eigenvalue weighted by Gasteiger charge is 2.10. The molecule has 0 fully saturated rings. The molecule has 1 amide bonds. The molecule has 0 spiro atoms. The molecule has 1 aromatic carbocycles. The number of methoxy groups -OCH3 is 1. The maximum Gasteiger partial charge on any atom is 0.220 e. The molecule has 5 nitrogen and oxygen atoms in total. The average Bonchev–Trinajstić information content (AvgIpc) is 2.88. The fourth-order valence-corrected chi connectivity index (χ4v) is 3.31. The van der Waals surface area contributed by atoms with Crippen LogP contribution in [0.25, 0.3) is 0 Å². The summed E-state index contributed by atoms with van der Waals surface area (Å²) in [7, 11) is 1.64. The second-order valence-electron chi connectivity index (χ2n) is 6.49. The van der Waals surface area contributed by atoms with Gasteiger partial charge in [-0.25, -0.2) is 0 Å². The lowest BCUT2D eigenvalue weighted by Crippen LogP contribution is -2.30. The first-order chi connectivity index (χ1) is 11.9. The second-order valence-corrected chi connectivity index (χ2v) is 7.34. The first-order valence-electron chi connectivity index (χ1n) is 8.49. The van der Waals surface area contributed by atoms with Crippen LogP contribution in [0.15, 0.2) is 28.7 Å². The summed E-state index contributed by atoms with van der Waals surface area (Å²) in [6.07, 6.45) is 1.19. The molecule has 1 aromatic heterocycles. The van der Waals surface area contributed by atoms with E-state index in [9.17, 15) is 4.79 Å². The zero-order valence-electron chi connectivity index (χ0n) is 15.3. The molecule has 2 aromatic rings. The minimum atomic E-state index is 0.0761. The Hall–Kier alpha value is -1.82. The Morgan fingerprint density at radius 2 is 2.12 bits per heavy atom. The van der Waals surface area contributed by atoms with Crippen LogP contribution in [0.2, 0.25) is 0 Å². The largest absolute Gasteiger partial charge is 0.496 e. The van der Waals surface area contributed by atoms with Gasteiger partial charge in [0, 0.05) is 25.2 Å². The molecule has 2 rings (SSSR count). The molecule has 1 N–H and O–H groups in total. The highest BCUT2D eigenvalue weighted by Crippen LogP contribution is 2.25. The number of ether oxygens (including phenoxy) is 1. The molecule has 1 atom stereocenters. The quantitative estimate of drug-likeness (QED) is 0.726. The van der Waals surface area contributed by atoms with Gasteiger partial charge in [-0.2, -0.15) is 5.10 Å². The van der Waals surface area contributed by atoms with E-state index in [1.165, 1.54) is 0 Å². The van der Waals surface area contributed by atoms with Crippen molar-refractivity contribution in [3.05, 3.63) is 45.7 Å². The van der Waals surface area contributed by atoms with Crippen LogP contribution >= 0.6 is 15.9 Å². The van der Waals surface area contributed by atoms with Crippen LogP contribution in [0.1, 0.15) is 30.3 Å². The number of hydrogen-bond donors (Lipinski definition) is 1. The van der Waals surface area contributed by atoms with E-state index < -0.39 is 0 Å². The van der Waals surface area contributed by atoms with Gasteiger partial charge in [-0.3, -0.25) is 9.48 Å². The topological polar surface area (TPSA) is 56.1 Å². The third-order valence-corrected chi connectivity index (χ3v) is 4.71. The summed E-state index contributed by atoms with van der Waals surface area (Å²) in [5.41, 5.74) is 3.29. The van der Waals surface area contributed by atoms with Crippen LogP contribution in [0.4, 0.5) is 0 Å². The van der Waals surface area contributed by atoms with Gasteiger partial charge in [-0.1, -0.05) is 13.0 Å². The maximum atomic E-state index is 12.1. The lowest BCUT2D eigenvalue weighted by molar-refractivity contribution is -0.121. The minimum absolute atomic E-state index is 0.0761. The van der Waals surface area contributed by atoms with E-state index in [0.29, 0.717) is 25.3 Å². The van der Waals surface area contributed by atoms with E-state index in [0.717, 1.165) is 33.7 Å². The van der Waals surface area contributed by atoms with Gasteiger partial charge >= 0.3 is 0 Å². The third kappa shape index (κ3) is 5.88. The normalized spacial score (nSPS) is 12.0. The lowest BCUT2D eigenvalue weighted by atomic mass is 10.1. The number of rotatable bonds is 8. The van der Waals surface area contributed by atoms with Crippen molar-refractivity contribution in [3.8, 4) is 5.75 Å². The number of aromatic nitrogens is 2. The highest BCUT2D eigenvalue weighted by molar-refractivity contribution is 9.10. The molecule has 6 heteroatoms. The predicted molar refractivity (Wildman–Crippen MR) is 103 cm³/mol. The summed E-state index contributed by atoms with van der Waals surface area (Å²) in [4.78, 5) is 12.1. The molecule has 0 saturated carbocycles. The molecular formula is C19H26BrN3O2. The van der Waals surface area contributed by atoms with Gasteiger partial charge in [0.1, 0.15) is 5.75 Å². The van der Waals surface area contributed by atoms with Crippen LogP contribution in [-0.4, -0.2) is 29.3 Å². The number of carbonyl (C=O) groups excluding carboxylic acids is 1. The fraction of sp³-hybridized carbons (Fsp3) is 0.474. The van der Waals surface area contributed by atoms with Crippen molar-refractivity contribution in [2.75, 3.05) is 13.7 Å². The van der Waals surface area contributed by atoms with E-state index in [4.69, 9.17) is 4.74 Å². The van der Waals surface area contributed by atoms with Crippen LogP contribution in [0.3, 0.4) is 0 Å². The van der Waals surface area contributed by atoms with Gasteiger partial charge < -0.3 is 10.1 Å². The van der Waals surface area contributed by atoms with E-state index in [1.807, 2.05) is 29.8 Å². The lowest BCUT2D eigenvalue weighted by Gasteiger charge is -2.14. The molecule has 0 radical (unpaired) electrons. The summed E-state index contributed by atoms with van der Waals surface area (Å²) in [6.45, 7) is 7.64. The molecule has 1 heterocycles. The van der Waals surface area contributed by atoms with Gasteiger partial charge in [0.2, 0.25) is 5.91 Å². The predicted octanol–water partition coefficient (Wildman–Crippen LogP) is 3.66. The molecule has 0 aliphatic rings. The average molecular weight is 408 g/mol. The monoisotopic (exact) mass is 407 g/mol. The number of nitrogens with zero attached hydrogens (tertiary/aromatic N) is 2. The molecule has 0 saturated heterocycles. The van der Waals surface area contributed by atoms with Gasteiger partial charge in [0.25, 0.3) is 0 Å². The van der Waals surface area contributed by atoms with Crippen molar-refractivity contribution in [2.24, 2.45) is 5.92 Å². The standard InChI is InChI=1S/C19H26BrN3O2/c1-13(12-23-15(3)9-14(2)22-23)11-21-19(24)8-6-16-5-7-18(25-4)17(20)10-16/h5,7,9-10,13H,6,8,11-12H2,1-4H3,(H,21,24). The first kappa shape index (κ1) is 19.5. The van der Waals surface area contributed by atoms with Gasteiger partial charge in [-0.05, 0) is 65.9 Å². The summed E-state index contributed by atoms with van der Waals surface area (Å²) in [6, 6.07) is 7.96. The first-order valence-corrected chi connectivity index (χ1v) is 9.28. The number of carbonyl (C=O) groups is 1. The number of halogens is 1. The zero-order chi connectivity index (χ0) is 18.4. The Kier molecular flexibility index (Phi) is 7.05. The summed E-state index contributed by atoms with van der Waals surface area (Å²) in [5.74, 6) is 1.20. The van der Waals surface area contributed by atoms with Crippen molar-refractivity contribution in [2.45, 2.75) is 40.2 Å². The van der Waals surface area contributed by atoms with E-state index in [-0.39, 0.29) is 5.91 Å². The molecule has 0 aliphatic heterocycles. The Morgan fingerprint density at radius 1 is 1.36 bits per heavy atom. The second kappa shape index (κ2) is 9.04. The van der Waals surface area contributed by atoms with Crippen molar-refractivity contribution in [1.82, 2.24) is 15.1 Å². The van der Waals surface area contributed by atoms with Crippen LogP contribution in [-0.2, 0) is 17.8 Å². The Bertz CT molecular complexity index is 727. The number of aryl methyl sites for hydroxylation is 3. The third-order valence-electron chi connectivity index (χ3n) is 4.09. The Labute approximate surface area is 157 Å².